The number of nitrogens with zero attached hydrogens (tertiary/aromatic N) is 1. The summed E-state index contributed by atoms with van der Waals surface area (Å²) < 4.78 is 0. The van der Waals surface area contributed by atoms with E-state index in [0.29, 0.717) is 12.8 Å². The van der Waals surface area contributed by atoms with Crippen LogP contribution in [0.4, 0.5) is 0 Å². The maximum Gasteiger partial charge on any atom is 0.303 e. The van der Waals surface area contributed by atoms with Crippen molar-refractivity contribution in [1.29, 1.82) is 0 Å². The molecule has 0 aliphatic carbocycles. The van der Waals surface area contributed by atoms with Gasteiger partial charge in [-0.15, -0.1) is 0 Å². The SMILES string of the molecule is CC1(C)CNCC(C)(C)N1C(CCCCCC(=O)O)CCC(=O)O. The second kappa shape index (κ2) is 8.81. The van der Waals surface area contributed by atoms with Crippen molar-refractivity contribution in [3.63, 3.8) is 0 Å². The lowest BCUT2D eigenvalue weighted by Crippen LogP contribution is -2.70. The van der Waals surface area contributed by atoms with Crippen LogP contribution in [0.5, 0.6) is 0 Å². The van der Waals surface area contributed by atoms with Crippen molar-refractivity contribution in [2.24, 2.45) is 0 Å². The number of piperazine rings is 1. The molecular weight excluding hydrogens is 308 g/mol. The first-order valence-electron chi connectivity index (χ1n) is 9.00. The van der Waals surface area contributed by atoms with Gasteiger partial charge in [0, 0.05) is 43.1 Å². The van der Waals surface area contributed by atoms with Gasteiger partial charge in [0.1, 0.15) is 0 Å². The zero-order chi connectivity index (χ0) is 18.4. The molecule has 6 nitrogen and oxygen atoms in total. The predicted molar refractivity (Wildman–Crippen MR) is 94.2 cm³/mol. The van der Waals surface area contributed by atoms with Gasteiger partial charge in [-0.2, -0.15) is 0 Å². The van der Waals surface area contributed by atoms with Gasteiger partial charge in [0.25, 0.3) is 0 Å². The first-order valence-corrected chi connectivity index (χ1v) is 9.00. The molecule has 0 spiro atoms. The van der Waals surface area contributed by atoms with Gasteiger partial charge in [-0.05, 0) is 47.0 Å². The van der Waals surface area contributed by atoms with Crippen molar-refractivity contribution in [2.75, 3.05) is 13.1 Å². The smallest absolute Gasteiger partial charge is 0.303 e. The highest BCUT2D eigenvalue weighted by molar-refractivity contribution is 5.66. The fraction of sp³-hybridized carbons (Fsp3) is 0.889. The summed E-state index contributed by atoms with van der Waals surface area (Å²) in [6, 6.07) is 0.207. The van der Waals surface area contributed by atoms with E-state index in [1.165, 1.54) is 0 Å². The Morgan fingerprint density at radius 1 is 0.917 bits per heavy atom. The van der Waals surface area contributed by atoms with E-state index >= 15 is 0 Å². The van der Waals surface area contributed by atoms with Crippen molar-refractivity contribution >= 4 is 11.9 Å². The third-order valence-corrected chi connectivity index (χ3v) is 4.90. The zero-order valence-corrected chi connectivity index (χ0v) is 15.6. The molecule has 24 heavy (non-hydrogen) atoms. The van der Waals surface area contributed by atoms with Gasteiger partial charge in [-0.1, -0.05) is 12.8 Å². The lowest BCUT2D eigenvalue weighted by molar-refractivity contribution is -0.138. The molecular formula is C18H34N2O4. The average Bonchev–Trinajstić information content (AvgIpc) is 2.41. The van der Waals surface area contributed by atoms with Crippen LogP contribution in [0.15, 0.2) is 0 Å². The molecule has 1 rings (SSSR count). The Hall–Kier alpha value is -1.14. The minimum atomic E-state index is -0.753. The van der Waals surface area contributed by atoms with Crippen LogP contribution in [0.2, 0.25) is 0 Å². The Morgan fingerprint density at radius 3 is 1.96 bits per heavy atom. The molecule has 1 unspecified atom stereocenters. The van der Waals surface area contributed by atoms with E-state index in [2.05, 4.69) is 37.9 Å². The number of nitrogens with one attached hydrogen (secondary N) is 1. The van der Waals surface area contributed by atoms with E-state index in [9.17, 15) is 9.59 Å². The van der Waals surface area contributed by atoms with Crippen LogP contribution in [0.25, 0.3) is 0 Å². The van der Waals surface area contributed by atoms with Gasteiger partial charge in [0.15, 0.2) is 0 Å². The van der Waals surface area contributed by atoms with Crippen molar-refractivity contribution in [2.45, 2.75) is 89.8 Å². The molecule has 1 aliphatic rings. The monoisotopic (exact) mass is 342 g/mol. The fourth-order valence-corrected chi connectivity index (χ4v) is 4.18. The largest absolute Gasteiger partial charge is 0.481 e. The zero-order valence-electron chi connectivity index (χ0n) is 15.6. The number of carbonyl (C=O) groups is 2. The van der Waals surface area contributed by atoms with Gasteiger partial charge in [0.2, 0.25) is 0 Å². The Bertz CT molecular complexity index is 419. The number of unbranched alkanes of at least 4 members (excludes halogenated alkanes) is 2. The molecule has 140 valence electrons. The van der Waals surface area contributed by atoms with Crippen molar-refractivity contribution < 1.29 is 19.8 Å². The van der Waals surface area contributed by atoms with Crippen LogP contribution >= 0.6 is 0 Å². The minimum absolute atomic E-state index is 0.0357. The van der Waals surface area contributed by atoms with E-state index in [1.54, 1.807) is 0 Å². The maximum absolute atomic E-state index is 11.1. The summed E-state index contributed by atoms with van der Waals surface area (Å²) in [5.41, 5.74) is -0.0715. The lowest BCUT2D eigenvalue weighted by Gasteiger charge is -2.56. The summed E-state index contributed by atoms with van der Waals surface area (Å²) in [7, 11) is 0. The van der Waals surface area contributed by atoms with Gasteiger partial charge >= 0.3 is 11.9 Å². The van der Waals surface area contributed by atoms with E-state index < -0.39 is 11.9 Å². The molecule has 0 radical (unpaired) electrons. The summed E-state index contributed by atoms with van der Waals surface area (Å²) in [6.07, 6.45) is 4.45. The standard InChI is InChI=1S/C18H34N2O4/c1-17(2)12-19-13-18(3,4)20(17)14(10-11-16(23)24)8-6-5-7-9-15(21)22/h14,19H,5-13H2,1-4H3,(H,21,22)(H,23,24). The third-order valence-electron chi connectivity index (χ3n) is 4.90. The molecule has 1 fully saturated rings. The molecule has 0 amide bonds. The van der Waals surface area contributed by atoms with E-state index in [-0.39, 0.29) is 30.0 Å². The lowest BCUT2D eigenvalue weighted by atomic mass is 9.84. The highest BCUT2D eigenvalue weighted by Crippen LogP contribution is 2.34. The highest BCUT2D eigenvalue weighted by atomic mass is 16.4. The van der Waals surface area contributed by atoms with Gasteiger partial charge in [-0.25, -0.2) is 0 Å². The summed E-state index contributed by atoms with van der Waals surface area (Å²) in [4.78, 5) is 24.2. The molecule has 0 bridgehead atoms. The van der Waals surface area contributed by atoms with E-state index in [1.807, 2.05) is 0 Å². The summed E-state index contributed by atoms with van der Waals surface area (Å²) >= 11 is 0. The molecule has 0 aromatic rings. The van der Waals surface area contributed by atoms with Crippen LogP contribution < -0.4 is 5.32 Å². The number of carboxylic acids is 2. The predicted octanol–water partition coefficient (Wildman–Crippen LogP) is 2.72. The number of rotatable bonds is 10. The Labute approximate surface area is 145 Å². The molecule has 1 saturated heterocycles. The van der Waals surface area contributed by atoms with Gasteiger partial charge in [0.05, 0.1) is 0 Å². The molecule has 6 heteroatoms. The quantitative estimate of drug-likeness (QED) is 0.529. The Kier molecular flexibility index (Phi) is 7.67. The van der Waals surface area contributed by atoms with Crippen molar-refractivity contribution in [1.82, 2.24) is 10.2 Å². The van der Waals surface area contributed by atoms with Crippen LogP contribution in [-0.4, -0.2) is 57.3 Å². The molecule has 0 aromatic heterocycles. The highest BCUT2D eigenvalue weighted by Gasteiger charge is 2.44. The summed E-state index contributed by atoms with van der Waals surface area (Å²) in [5.74, 6) is -1.50. The second-order valence-corrected chi connectivity index (χ2v) is 8.18. The number of aliphatic carboxylic acids is 2. The summed E-state index contributed by atoms with van der Waals surface area (Å²) in [6.45, 7) is 10.6. The van der Waals surface area contributed by atoms with Crippen molar-refractivity contribution in [3.8, 4) is 0 Å². The molecule has 1 heterocycles. The normalized spacial score (nSPS) is 21.3. The minimum Gasteiger partial charge on any atom is -0.481 e. The number of hydrogen-bond acceptors (Lipinski definition) is 4. The number of carboxylic acid groups (broad SMARTS) is 2. The average molecular weight is 342 g/mol. The fourth-order valence-electron chi connectivity index (χ4n) is 4.18. The van der Waals surface area contributed by atoms with Crippen molar-refractivity contribution in [3.05, 3.63) is 0 Å². The first kappa shape index (κ1) is 20.9. The van der Waals surface area contributed by atoms with E-state index in [4.69, 9.17) is 10.2 Å². The van der Waals surface area contributed by atoms with Gasteiger partial charge in [-0.3, -0.25) is 14.5 Å². The van der Waals surface area contributed by atoms with Crippen LogP contribution in [0, 0.1) is 0 Å². The van der Waals surface area contributed by atoms with Crippen LogP contribution in [0.3, 0.4) is 0 Å². The molecule has 0 aromatic carbocycles. The van der Waals surface area contributed by atoms with Crippen LogP contribution in [-0.2, 0) is 9.59 Å². The number of hydrogen-bond donors (Lipinski definition) is 3. The summed E-state index contributed by atoms with van der Waals surface area (Å²) in [5, 5.41) is 21.3. The van der Waals surface area contributed by atoms with E-state index in [0.717, 1.165) is 32.4 Å². The third kappa shape index (κ3) is 6.40. The molecule has 1 aliphatic heterocycles. The topological polar surface area (TPSA) is 89.9 Å². The molecule has 0 saturated carbocycles. The second-order valence-electron chi connectivity index (χ2n) is 8.18. The van der Waals surface area contributed by atoms with Crippen LogP contribution in [0.1, 0.15) is 72.6 Å². The Balaban J connectivity index is 2.74. The molecule has 3 N–H and O–H groups in total. The Morgan fingerprint density at radius 2 is 1.46 bits per heavy atom. The van der Waals surface area contributed by atoms with Gasteiger partial charge < -0.3 is 15.5 Å². The maximum atomic E-state index is 11.1. The first-order chi connectivity index (χ1) is 11.1. The molecule has 1 atom stereocenters.